The first kappa shape index (κ1) is 26.4. The molecule has 0 unspecified atom stereocenters. The first-order valence-corrected chi connectivity index (χ1v) is 12.1. The Hall–Kier alpha value is -4.21. The van der Waals surface area contributed by atoms with Crippen molar-refractivity contribution in [2.75, 3.05) is 20.0 Å². The largest absolute Gasteiger partial charge is 0.493 e. The molecule has 0 aliphatic heterocycles. The maximum atomic E-state index is 13.1. The monoisotopic (exact) mass is 501 g/mol. The van der Waals surface area contributed by atoms with Gasteiger partial charge in [-0.3, -0.25) is 4.79 Å². The second kappa shape index (κ2) is 12.0. The lowest BCUT2D eigenvalue weighted by atomic mass is 9.95. The van der Waals surface area contributed by atoms with Gasteiger partial charge in [-0.15, -0.1) is 0 Å². The number of carbonyl (C=O) groups is 1. The minimum absolute atomic E-state index is 0.0354. The molecule has 0 aliphatic carbocycles. The summed E-state index contributed by atoms with van der Waals surface area (Å²) in [6, 6.07) is 18.9. The van der Waals surface area contributed by atoms with Crippen LogP contribution in [0.25, 0.3) is 11.1 Å². The van der Waals surface area contributed by atoms with Crippen LogP contribution in [0.1, 0.15) is 43.0 Å². The van der Waals surface area contributed by atoms with Crippen LogP contribution in [-0.2, 0) is 4.79 Å². The normalized spacial score (nSPS) is 12.1. The standard InChI is InChI=1S/C27H27N5O3S/c1-5-22(26(33)31-16(2)17-10-7-6-8-11-17)36-27-20(15-29)23(19(14-28)25(30)32-27)18-12-9-13-21(34-3)24(18)35-4/h6-13,16,22H,5H2,1-4H3,(H2,30,32)(H,31,33)/t16-,22-/m0/s1. The van der Waals surface area contributed by atoms with Gasteiger partial charge in [0.15, 0.2) is 11.5 Å². The molecule has 0 fully saturated rings. The molecule has 8 nitrogen and oxygen atoms in total. The highest BCUT2D eigenvalue weighted by Gasteiger charge is 2.28. The predicted octanol–water partition coefficient (Wildman–Crippen LogP) is 4.84. The van der Waals surface area contributed by atoms with E-state index in [9.17, 15) is 15.3 Å². The number of carbonyl (C=O) groups excluding carboxylic acids is 1. The van der Waals surface area contributed by atoms with Gasteiger partial charge in [-0.2, -0.15) is 10.5 Å². The highest BCUT2D eigenvalue weighted by Crippen LogP contribution is 2.44. The molecule has 2 aromatic carbocycles. The Kier molecular flexibility index (Phi) is 8.77. The summed E-state index contributed by atoms with van der Waals surface area (Å²) >= 11 is 1.14. The molecule has 1 amide bonds. The Morgan fingerprint density at radius 3 is 2.36 bits per heavy atom. The van der Waals surface area contributed by atoms with Gasteiger partial charge < -0.3 is 20.5 Å². The van der Waals surface area contributed by atoms with Crippen LogP contribution in [-0.4, -0.2) is 30.4 Å². The second-order valence-electron chi connectivity index (χ2n) is 7.85. The van der Waals surface area contributed by atoms with Gasteiger partial charge in [0, 0.05) is 11.1 Å². The van der Waals surface area contributed by atoms with Crippen molar-refractivity contribution in [3.63, 3.8) is 0 Å². The number of aromatic nitrogens is 1. The number of nitrogens with one attached hydrogen (secondary N) is 1. The topological polar surface area (TPSA) is 134 Å². The van der Waals surface area contributed by atoms with Gasteiger partial charge in [0.25, 0.3) is 0 Å². The number of nitrogen functional groups attached to an aromatic ring is 1. The molecule has 1 aromatic heterocycles. The Morgan fingerprint density at radius 2 is 1.78 bits per heavy atom. The zero-order valence-corrected chi connectivity index (χ0v) is 21.3. The van der Waals surface area contributed by atoms with E-state index in [0.717, 1.165) is 17.3 Å². The lowest BCUT2D eigenvalue weighted by Crippen LogP contribution is -2.34. The average Bonchev–Trinajstić information content (AvgIpc) is 2.90. The number of ether oxygens (including phenoxy) is 2. The molecule has 3 aromatic rings. The molecule has 0 saturated carbocycles. The van der Waals surface area contributed by atoms with Crippen molar-refractivity contribution in [3.8, 4) is 34.8 Å². The van der Waals surface area contributed by atoms with Crippen LogP contribution in [0, 0.1) is 22.7 Å². The van der Waals surface area contributed by atoms with Gasteiger partial charge in [0.05, 0.1) is 31.1 Å². The number of anilines is 1. The molecule has 0 bridgehead atoms. The zero-order chi connectivity index (χ0) is 26.2. The van der Waals surface area contributed by atoms with Gasteiger partial charge >= 0.3 is 0 Å². The maximum Gasteiger partial charge on any atom is 0.234 e. The van der Waals surface area contributed by atoms with Crippen LogP contribution in [0.5, 0.6) is 11.5 Å². The van der Waals surface area contributed by atoms with E-state index in [4.69, 9.17) is 15.2 Å². The number of nitrogens with two attached hydrogens (primary N) is 1. The summed E-state index contributed by atoms with van der Waals surface area (Å²) in [4.78, 5) is 17.5. The Bertz CT molecular complexity index is 1330. The van der Waals surface area contributed by atoms with Crippen LogP contribution < -0.4 is 20.5 Å². The van der Waals surface area contributed by atoms with Crippen LogP contribution in [0.15, 0.2) is 53.6 Å². The maximum absolute atomic E-state index is 13.1. The predicted molar refractivity (Wildman–Crippen MR) is 140 cm³/mol. The number of methoxy groups -OCH3 is 2. The fraction of sp³-hybridized carbons (Fsp3) is 0.259. The molecular weight excluding hydrogens is 474 g/mol. The average molecular weight is 502 g/mol. The van der Waals surface area contributed by atoms with Crippen LogP contribution in [0.3, 0.4) is 0 Å². The quantitative estimate of drug-likeness (QED) is 0.398. The third kappa shape index (κ3) is 5.37. The number of thioether (sulfide) groups is 1. The second-order valence-corrected chi connectivity index (χ2v) is 9.04. The molecule has 0 aliphatic rings. The lowest BCUT2D eigenvalue weighted by Gasteiger charge is -2.21. The van der Waals surface area contributed by atoms with E-state index in [-0.39, 0.29) is 33.9 Å². The molecule has 1 heterocycles. The summed E-state index contributed by atoms with van der Waals surface area (Å²) in [5, 5.41) is 22.8. The Labute approximate surface area is 215 Å². The van der Waals surface area contributed by atoms with E-state index in [0.29, 0.717) is 29.0 Å². The number of benzene rings is 2. The van der Waals surface area contributed by atoms with E-state index in [2.05, 4.69) is 22.4 Å². The summed E-state index contributed by atoms with van der Waals surface area (Å²) in [5.74, 6) is 0.573. The van der Waals surface area contributed by atoms with Crippen LogP contribution in [0.4, 0.5) is 5.82 Å². The minimum atomic E-state index is -0.539. The lowest BCUT2D eigenvalue weighted by molar-refractivity contribution is -0.121. The molecule has 0 saturated heterocycles. The van der Waals surface area contributed by atoms with Crippen LogP contribution in [0.2, 0.25) is 0 Å². The number of amides is 1. The fourth-order valence-corrected chi connectivity index (χ4v) is 4.85. The van der Waals surface area contributed by atoms with E-state index in [1.54, 1.807) is 18.2 Å². The summed E-state index contributed by atoms with van der Waals surface area (Å²) in [6.45, 7) is 3.80. The van der Waals surface area contributed by atoms with Crippen molar-refractivity contribution in [1.29, 1.82) is 10.5 Å². The van der Waals surface area contributed by atoms with E-state index in [1.165, 1.54) is 14.2 Å². The summed E-state index contributed by atoms with van der Waals surface area (Å²) < 4.78 is 10.9. The highest BCUT2D eigenvalue weighted by atomic mass is 32.2. The highest BCUT2D eigenvalue weighted by molar-refractivity contribution is 8.00. The molecular formula is C27H27N5O3S. The van der Waals surface area contributed by atoms with Crippen molar-refractivity contribution in [1.82, 2.24) is 10.3 Å². The number of para-hydroxylation sites is 1. The molecule has 0 radical (unpaired) electrons. The number of rotatable bonds is 9. The van der Waals surface area contributed by atoms with Crippen molar-refractivity contribution >= 4 is 23.5 Å². The number of hydrogen-bond acceptors (Lipinski definition) is 8. The summed E-state index contributed by atoms with van der Waals surface area (Å²) in [5.41, 5.74) is 8.11. The third-order valence-corrected chi connectivity index (χ3v) is 7.01. The zero-order valence-electron chi connectivity index (χ0n) is 20.5. The molecule has 2 atom stereocenters. The summed E-state index contributed by atoms with van der Waals surface area (Å²) in [6.07, 6.45) is 0.488. The molecule has 36 heavy (non-hydrogen) atoms. The Balaban J connectivity index is 2.06. The molecule has 184 valence electrons. The van der Waals surface area contributed by atoms with Crippen molar-refractivity contribution in [3.05, 3.63) is 65.2 Å². The van der Waals surface area contributed by atoms with Gasteiger partial charge in [0.2, 0.25) is 5.91 Å². The number of hydrogen-bond donors (Lipinski definition) is 2. The van der Waals surface area contributed by atoms with E-state index in [1.807, 2.05) is 44.2 Å². The SMILES string of the molecule is CC[C@H](Sc1nc(N)c(C#N)c(-c2cccc(OC)c2OC)c1C#N)C(=O)N[C@@H](C)c1ccccc1. The first-order valence-electron chi connectivity index (χ1n) is 11.3. The fourth-order valence-electron chi connectivity index (χ4n) is 3.83. The van der Waals surface area contributed by atoms with Gasteiger partial charge in [-0.1, -0.05) is 61.2 Å². The van der Waals surface area contributed by atoms with E-state index >= 15 is 0 Å². The van der Waals surface area contributed by atoms with Crippen molar-refractivity contribution in [2.24, 2.45) is 0 Å². The smallest absolute Gasteiger partial charge is 0.234 e. The van der Waals surface area contributed by atoms with Crippen LogP contribution >= 0.6 is 11.8 Å². The van der Waals surface area contributed by atoms with Gasteiger partial charge in [0.1, 0.15) is 28.5 Å². The molecule has 3 rings (SSSR count). The molecule has 3 N–H and O–H groups in total. The van der Waals surface area contributed by atoms with Crippen molar-refractivity contribution in [2.45, 2.75) is 36.6 Å². The van der Waals surface area contributed by atoms with Gasteiger partial charge in [-0.05, 0) is 25.0 Å². The van der Waals surface area contributed by atoms with E-state index < -0.39 is 5.25 Å². The minimum Gasteiger partial charge on any atom is -0.493 e. The number of nitriles is 2. The third-order valence-electron chi connectivity index (χ3n) is 5.66. The molecule has 0 spiro atoms. The van der Waals surface area contributed by atoms with Gasteiger partial charge in [-0.25, -0.2) is 4.98 Å². The summed E-state index contributed by atoms with van der Waals surface area (Å²) in [7, 11) is 2.98. The number of nitrogens with zero attached hydrogens (tertiary/aromatic N) is 3. The molecule has 9 heteroatoms. The van der Waals surface area contributed by atoms with Crippen molar-refractivity contribution < 1.29 is 14.3 Å². The Morgan fingerprint density at radius 1 is 1.08 bits per heavy atom. The first-order chi connectivity index (χ1) is 17.4. The number of pyridine rings is 1.